The van der Waals surface area contributed by atoms with Crippen LogP contribution in [0.4, 0.5) is 4.79 Å². The Morgan fingerprint density at radius 1 is 1.21 bits per heavy atom. The monoisotopic (exact) mass is 457 g/mol. The molecule has 1 saturated heterocycles. The standard InChI is InChI=1S/C14H16N4O2.3CH3.Ce/c1-9-3-10(11-5-15-17(2)6-11)4-13(16-9)12-7-18(8-12)14(19)20;;;;/h3-6,12H,7-8H2,1-2H3,(H,19,20);3*1H3;/q;3*-1;+3. The van der Waals surface area contributed by atoms with Gasteiger partial charge in [-0.1, -0.05) is 0 Å². The van der Waals surface area contributed by atoms with Crippen molar-refractivity contribution in [2.24, 2.45) is 7.05 Å². The van der Waals surface area contributed by atoms with E-state index in [9.17, 15) is 4.79 Å². The van der Waals surface area contributed by atoms with E-state index in [0.29, 0.717) is 13.1 Å². The summed E-state index contributed by atoms with van der Waals surface area (Å²) in [5.41, 5.74) is 4.03. The number of likely N-dealkylation sites (tertiary alicyclic amines) is 1. The number of amides is 1. The first-order valence-electron chi connectivity index (χ1n) is 6.48. The molecule has 0 unspecified atom stereocenters. The van der Waals surface area contributed by atoms with Crippen LogP contribution in [-0.4, -0.2) is 44.0 Å². The van der Waals surface area contributed by atoms with E-state index in [4.69, 9.17) is 5.11 Å². The van der Waals surface area contributed by atoms with Crippen molar-refractivity contribution < 1.29 is 51.6 Å². The Labute approximate surface area is 178 Å². The van der Waals surface area contributed by atoms with Gasteiger partial charge in [-0.25, -0.2) is 4.79 Å². The Hall–Kier alpha value is -0.993. The van der Waals surface area contributed by atoms with Gasteiger partial charge < -0.3 is 32.3 Å². The molecule has 1 N–H and O–H groups in total. The summed E-state index contributed by atoms with van der Waals surface area (Å²) in [4.78, 5) is 16.7. The Morgan fingerprint density at radius 3 is 2.33 bits per heavy atom. The second-order valence-electron chi connectivity index (χ2n) is 5.21. The van der Waals surface area contributed by atoms with E-state index in [1.807, 2.05) is 38.5 Å². The van der Waals surface area contributed by atoms with Crippen molar-refractivity contribution in [2.45, 2.75) is 12.8 Å². The summed E-state index contributed by atoms with van der Waals surface area (Å²) >= 11 is 0. The predicted molar refractivity (Wildman–Crippen MR) is 92.8 cm³/mol. The zero-order valence-corrected chi connectivity index (χ0v) is 18.1. The quantitative estimate of drug-likeness (QED) is 0.703. The van der Waals surface area contributed by atoms with Crippen molar-refractivity contribution in [3.8, 4) is 11.1 Å². The molecule has 1 fully saturated rings. The van der Waals surface area contributed by atoms with Gasteiger partial charge in [-0.2, -0.15) is 5.10 Å². The van der Waals surface area contributed by atoms with Crippen molar-refractivity contribution in [3.63, 3.8) is 0 Å². The maximum absolute atomic E-state index is 10.8. The number of pyridine rings is 1. The third-order valence-corrected chi connectivity index (χ3v) is 3.58. The average Bonchev–Trinajstić information content (AvgIpc) is 2.72. The number of aryl methyl sites for hydroxylation is 2. The minimum Gasteiger partial charge on any atom is -0.465 e. The van der Waals surface area contributed by atoms with E-state index in [-0.39, 0.29) is 69.9 Å². The van der Waals surface area contributed by atoms with E-state index in [1.54, 1.807) is 4.68 Å². The van der Waals surface area contributed by atoms with Crippen LogP contribution < -0.4 is 0 Å². The Kier molecular flexibility index (Phi) is 10.6. The van der Waals surface area contributed by atoms with E-state index >= 15 is 0 Å². The average molecular weight is 458 g/mol. The predicted octanol–water partition coefficient (Wildman–Crippen LogP) is 3.22. The largest absolute Gasteiger partial charge is 3.00 e. The zero-order valence-electron chi connectivity index (χ0n) is 14.9. The number of aromatic nitrogens is 3. The maximum atomic E-state index is 10.8. The van der Waals surface area contributed by atoms with E-state index in [0.717, 1.165) is 22.5 Å². The Morgan fingerprint density at radius 2 is 1.83 bits per heavy atom. The molecule has 7 heteroatoms. The molecule has 1 aliphatic heterocycles. The molecule has 0 spiro atoms. The third-order valence-electron chi connectivity index (χ3n) is 3.58. The minimum absolute atomic E-state index is 0. The van der Waals surface area contributed by atoms with E-state index in [1.165, 1.54) is 4.90 Å². The van der Waals surface area contributed by atoms with Gasteiger partial charge in [0.1, 0.15) is 0 Å². The number of carboxylic acid groups (broad SMARTS) is 1. The van der Waals surface area contributed by atoms with Crippen LogP contribution >= 0.6 is 0 Å². The summed E-state index contributed by atoms with van der Waals surface area (Å²) in [7, 11) is 1.88. The summed E-state index contributed by atoms with van der Waals surface area (Å²) in [6, 6.07) is 4.06. The Bertz CT molecular complexity index is 666. The number of rotatable bonds is 2. The van der Waals surface area contributed by atoms with Gasteiger partial charge in [-0.15, -0.1) is 0 Å². The van der Waals surface area contributed by atoms with Gasteiger partial charge in [0.2, 0.25) is 0 Å². The third kappa shape index (κ3) is 5.25. The van der Waals surface area contributed by atoms with Gasteiger partial charge in [0, 0.05) is 49.2 Å². The summed E-state index contributed by atoms with van der Waals surface area (Å²) in [5.74, 6) is 0.196. The smallest absolute Gasteiger partial charge is 0.465 e. The van der Waals surface area contributed by atoms with Crippen LogP contribution in [0.5, 0.6) is 0 Å². The van der Waals surface area contributed by atoms with Crippen LogP contribution in [0, 0.1) is 71.0 Å². The molecular weight excluding hydrogens is 432 g/mol. The van der Waals surface area contributed by atoms with Crippen LogP contribution in [0.15, 0.2) is 24.5 Å². The second-order valence-corrected chi connectivity index (χ2v) is 5.21. The molecule has 1 amide bonds. The molecule has 1 radical (unpaired) electrons. The van der Waals surface area contributed by atoms with Crippen LogP contribution in [0.25, 0.3) is 11.1 Å². The Balaban J connectivity index is 0. The van der Waals surface area contributed by atoms with Crippen LogP contribution in [0.3, 0.4) is 0 Å². The van der Waals surface area contributed by atoms with Gasteiger partial charge in [0.05, 0.1) is 6.20 Å². The van der Waals surface area contributed by atoms with Crippen molar-refractivity contribution >= 4 is 6.09 Å². The van der Waals surface area contributed by atoms with Crippen LogP contribution in [-0.2, 0) is 7.05 Å². The number of hydrogen-bond acceptors (Lipinski definition) is 3. The fourth-order valence-corrected chi connectivity index (χ4v) is 2.46. The van der Waals surface area contributed by atoms with Gasteiger partial charge in [0.15, 0.2) is 0 Å². The van der Waals surface area contributed by atoms with Crippen LogP contribution in [0.1, 0.15) is 17.3 Å². The molecule has 0 bridgehead atoms. The molecule has 0 aromatic carbocycles. The summed E-state index contributed by atoms with van der Waals surface area (Å²) in [6.07, 6.45) is 2.92. The molecule has 0 atom stereocenters. The van der Waals surface area contributed by atoms with E-state index < -0.39 is 6.09 Å². The van der Waals surface area contributed by atoms with Crippen molar-refractivity contribution in [2.75, 3.05) is 13.1 Å². The molecule has 24 heavy (non-hydrogen) atoms. The zero-order chi connectivity index (χ0) is 14.3. The first kappa shape index (κ1) is 25.2. The molecule has 2 aromatic rings. The van der Waals surface area contributed by atoms with Crippen LogP contribution in [0.2, 0.25) is 0 Å². The van der Waals surface area contributed by atoms with Crippen molar-refractivity contribution in [3.05, 3.63) is 58.2 Å². The summed E-state index contributed by atoms with van der Waals surface area (Å²) in [6.45, 7) is 3.01. The first-order chi connectivity index (χ1) is 9.52. The number of nitrogens with zero attached hydrogens (tertiary/aromatic N) is 4. The fraction of sp³-hybridized carbons (Fsp3) is 0.294. The molecule has 0 aliphatic carbocycles. The summed E-state index contributed by atoms with van der Waals surface area (Å²) in [5, 5.41) is 13.1. The normalized spacial score (nSPS) is 12.7. The SMILES string of the molecule is Cc1cc(-c2cnn(C)c2)cc(C2CN(C(=O)O)C2)n1.[CH3-].[CH3-].[CH3-].[Ce+3]. The van der Waals surface area contributed by atoms with Gasteiger partial charge in [-0.05, 0) is 24.6 Å². The number of carbonyl (C=O) groups is 1. The van der Waals surface area contributed by atoms with Crippen molar-refractivity contribution in [1.29, 1.82) is 0 Å². The van der Waals surface area contributed by atoms with E-state index in [2.05, 4.69) is 10.1 Å². The minimum atomic E-state index is -0.860. The molecule has 6 nitrogen and oxygen atoms in total. The van der Waals surface area contributed by atoms with Gasteiger partial charge in [0.25, 0.3) is 0 Å². The maximum Gasteiger partial charge on any atom is 3.00 e. The molecule has 2 aromatic heterocycles. The molecular formula is C17H25CeN4O2. The van der Waals surface area contributed by atoms with Gasteiger partial charge >= 0.3 is 47.8 Å². The summed E-state index contributed by atoms with van der Waals surface area (Å²) < 4.78 is 1.76. The topological polar surface area (TPSA) is 71.2 Å². The fourth-order valence-electron chi connectivity index (χ4n) is 2.46. The molecule has 1 aliphatic rings. The second kappa shape index (κ2) is 10.1. The molecule has 129 valence electrons. The number of hydrogen-bond donors (Lipinski definition) is 1. The van der Waals surface area contributed by atoms with Crippen molar-refractivity contribution in [1.82, 2.24) is 19.7 Å². The molecule has 3 rings (SSSR count). The first-order valence-corrected chi connectivity index (χ1v) is 6.48. The molecule has 0 saturated carbocycles. The van der Waals surface area contributed by atoms with Gasteiger partial charge in [-0.3, -0.25) is 9.67 Å². The molecule has 3 heterocycles.